The van der Waals surface area contributed by atoms with Crippen molar-refractivity contribution in [1.29, 1.82) is 0 Å². The highest BCUT2D eigenvalue weighted by atomic mass is 127. The zero-order valence-electron chi connectivity index (χ0n) is 15.9. The summed E-state index contributed by atoms with van der Waals surface area (Å²) in [4.78, 5) is 17.8. The van der Waals surface area contributed by atoms with Gasteiger partial charge in [-0.05, 0) is 6.07 Å². The van der Waals surface area contributed by atoms with Gasteiger partial charge in [-0.3, -0.25) is 4.99 Å². The maximum atomic E-state index is 5.31. The number of anilines is 1. The van der Waals surface area contributed by atoms with Crippen molar-refractivity contribution in [3.05, 3.63) is 29.7 Å². The minimum Gasteiger partial charge on any atom is -0.481 e. The first-order valence-electron chi connectivity index (χ1n) is 8.76. The van der Waals surface area contributed by atoms with Gasteiger partial charge < -0.3 is 19.9 Å². The first-order valence-corrected chi connectivity index (χ1v) is 9.53. The number of nitrogens with one attached hydrogen (secondary N) is 1. The van der Waals surface area contributed by atoms with Crippen molar-refractivity contribution >= 4 is 46.6 Å². The molecule has 0 bridgehead atoms. The van der Waals surface area contributed by atoms with Crippen molar-refractivity contribution in [2.24, 2.45) is 4.99 Å². The smallest absolute Gasteiger partial charge is 0.218 e. The number of piperazine rings is 1. The number of guanidine groups is 1. The Morgan fingerprint density at radius 3 is 2.74 bits per heavy atom. The molecule has 0 spiro atoms. The van der Waals surface area contributed by atoms with Gasteiger partial charge in [0.05, 0.1) is 7.11 Å². The molecule has 0 atom stereocenters. The van der Waals surface area contributed by atoms with Crippen LogP contribution in [0.1, 0.15) is 18.3 Å². The van der Waals surface area contributed by atoms with Crippen molar-refractivity contribution in [2.45, 2.75) is 19.9 Å². The second-order valence-corrected chi connectivity index (χ2v) is 6.62. The molecule has 0 unspecified atom stereocenters. The van der Waals surface area contributed by atoms with Gasteiger partial charge >= 0.3 is 0 Å². The Kier molecular flexibility index (Phi) is 8.48. The molecule has 0 amide bonds. The van der Waals surface area contributed by atoms with Gasteiger partial charge in [0, 0.05) is 69.5 Å². The van der Waals surface area contributed by atoms with E-state index >= 15 is 0 Å². The van der Waals surface area contributed by atoms with Crippen molar-refractivity contribution < 1.29 is 4.74 Å². The Labute approximate surface area is 181 Å². The van der Waals surface area contributed by atoms with E-state index in [-0.39, 0.29) is 24.0 Å². The van der Waals surface area contributed by atoms with Crippen molar-refractivity contribution in [3.63, 3.8) is 0 Å². The fourth-order valence-electron chi connectivity index (χ4n) is 2.88. The molecular weight excluding hydrogens is 477 g/mol. The largest absolute Gasteiger partial charge is 0.481 e. The van der Waals surface area contributed by atoms with E-state index in [1.165, 1.54) is 11.5 Å². The third-order valence-electron chi connectivity index (χ3n) is 4.32. The molecule has 1 aliphatic heterocycles. The minimum absolute atomic E-state index is 0. The Morgan fingerprint density at radius 1 is 1.33 bits per heavy atom. The number of rotatable bonds is 5. The number of hydrogen-bond acceptors (Lipinski definition) is 7. The van der Waals surface area contributed by atoms with Crippen molar-refractivity contribution in [2.75, 3.05) is 45.2 Å². The molecule has 2 aromatic rings. The Morgan fingerprint density at radius 2 is 2.11 bits per heavy atom. The van der Waals surface area contributed by atoms with E-state index < -0.39 is 0 Å². The number of methoxy groups -OCH3 is 1. The number of aryl methyl sites for hydroxylation is 1. The highest BCUT2D eigenvalue weighted by molar-refractivity contribution is 14.0. The first-order chi connectivity index (χ1) is 12.7. The highest BCUT2D eigenvalue weighted by Gasteiger charge is 2.22. The fraction of sp³-hybridized carbons (Fsp3) is 0.529. The summed E-state index contributed by atoms with van der Waals surface area (Å²) >= 11 is 1.49. The van der Waals surface area contributed by atoms with E-state index in [2.05, 4.69) is 41.4 Å². The molecule has 0 saturated carbocycles. The van der Waals surface area contributed by atoms with Crippen LogP contribution in [0.25, 0.3) is 0 Å². The molecule has 10 heteroatoms. The zero-order chi connectivity index (χ0) is 18.4. The molecule has 1 saturated heterocycles. The molecule has 1 aliphatic rings. The van der Waals surface area contributed by atoms with Crippen LogP contribution in [-0.2, 0) is 13.0 Å². The minimum atomic E-state index is 0. The predicted molar refractivity (Wildman–Crippen MR) is 119 cm³/mol. The summed E-state index contributed by atoms with van der Waals surface area (Å²) < 4.78 is 9.69. The molecule has 2 aromatic heterocycles. The number of pyridine rings is 1. The summed E-state index contributed by atoms with van der Waals surface area (Å²) in [5.41, 5.74) is 1.01. The van der Waals surface area contributed by atoms with Crippen molar-refractivity contribution in [3.8, 4) is 5.88 Å². The molecule has 27 heavy (non-hydrogen) atoms. The topological polar surface area (TPSA) is 78.8 Å². The molecular formula is C17H26IN7OS. The fourth-order valence-corrected chi connectivity index (χ4v) is 3.68. The molecule has 0 radical (unpaired) electrons. The maximum Gasteiger partial charge on any atom is 0.218 e. The van der Waals surface area contributed by atoms with Crippen LogP contribution < -0.4 is 15.0 Å². The van der Waals surface area contributed by atoms with Gasteiger partial charge in [0.15, 0.2) is 5.96 Å². The lowest BCUT2D eigenvalue weighted by atomic mass is 10.2. The second-order valence-electron chi connectivity index (χ2n) is 5.89. The van der Waals surface area contributed by atoms with Gasteiger partial charge in [0.1, 0.15) is 5.82 Å². The van der Waals surface area contributed by atoms with Crippen LogP contribution >= 0.6 is 35.5 Å². The number of hydrogen-bond donors (Lipinski definition) is 1. The quantitative estimate of drug-likeness (QED) is 0.380. The summed E-state index contributed by atoms with van der Waals surface area (Å²) in [6, 6.07) is 3.92. The van der Waals surface area contributed by atoms with Crippen LogP contribution in [0.3, 0.4) is 0 Å². The standard InChI is InChI=1S/C17H25N7OS.HI/c1-4-14-21-17(26-22-14)24-10-8-23(9-11-24)16(18-2)20-12-13-6-5-7-19-15(13)25-3;/h5-7H,4,8-12H2,1-3H3,(H,18,20);1H. The highest BCUT2D eigenvalue weighted by Crippen LogP contribution is 2.19. The molecule has 0 aromatic carbocycles. The third kappa shape index (κ3) is 5.41. The molecule has 0 aliphatic carbocycles. The van der Waals surface area contributed by atoms with Crippen LogP contribution in [0.15, 0.2) is 23.3 Å². The third-order valence-corrected chi connectivity index (χ3v) is 5.13. The van der Waals surface area contributed by atoms with E-state index in [9.17, 15) is 0 Å². The average Bonchev–Trinajstić information content (AvgIpc) is 3.18. The second kappa shape index (κ2) is 10.6. The molecule has 3 heterocycles. The van der Waals surface area contributed by atoms with Gasteiger partial charge in [0.2, 0.25) is 11.0 Å². The van der Waals surface area contributed by atoms with Gasteiger partial charge in [0.25, 0.3) is 0 Å². The summed E-state index contributed by atoms with van der Waals surface area (Å²) in [5, 5.41) is 4.43. The van der Waals surface area contributed by atoms with E-state index in [1.807, 2.05) is 19.2 Å². The van der Waals surface area contributed by atoms with Crippen molar-refractivity contribution in [1.82, 2.24) is 24.6 Å². The van der Waals surface area contributed by atoms with E-state index in [0.717, 1.165) is 55.1 Å². The lowest BCUT2D eigenvalue weighted by molar-refractivity contribution is 0.370. The van der Waals surface area contributed by atoms with Crippen LogP contribution in [0, 0.1) is 0 Å². The average molecular weight is 503 g/mol. The molecule has 8 nitrogen and oxygen atoms in total. The Balaban J connectivity index is 0.00000261. The number of nitrogens with zero attached hydrogens (tertiary/aromatic N) is 6. The molecule has 1 fully saturated rings. The van der Waals surface area contributed by atoms with E-state index in [0.29, 0.717) is 12.4 Å². The van der Waals surface area contributed by atoms with Gasteiger partial charge in [-0.2, -0.15) is 4.37 Å². The number of halogens is 1. The summed E-state index contributed by atoms with van der Waals surface area (Å²) in [6.07, 6.45) is 2.61. The van der Waals surface area contributed by atoms with Crippen LogP contribution in [0.4, 0.5) is 5.13 Å². The van der Waals surface area contributed by atoms with E-state index in [4.69, 9.17) is 4.74 Å². The maximum absolute atomic E-state index is 5.31. The lowest BCUT2D eigenvalue weighted by Gasteiger charge is -2.36. The molecule has 1 N–H and O–H groups in total. The Bertz CT molecular complexity index is 746. The zero-order valence-corrected chi connectivity index (χ0v) is 19.0. The first kappa shape index (κ1) is 21.6. The van der Waals surface area contributed by atoms with Crippen LogP contribution in [0.2, 0.25) is 0 Å². The predicted octanol–water partition coefficient (Wildman–Crippen LogP) is 2.02. The van der Waals surface area contributed by atoms with Gasteiger partial charge in [-0.1, -0.05) is 13.0 Å². The number of aliphatic imine (C=N–C) groups is 1. The van der Waals surface area contributed by atoms with Crippen LogP contribution in [-0.4, -0.2) is 65.5 Å². The van der Waals surface area contributed by atoms with Gasteiger partial charge in [-0.25, -0.2) is 9.97 Å². The summed E-state index contributed by atoms with van der Waals surface area (Å²) in [5.74, 6) is 2.46. The molecule has 3 rings (SSSR count). The summed E-state index contributed by atoms with van der Waals surface area (Å²) in [7, 11) is 3.45. The lowest BCUT2D eigenvalue weighted by Crippen LogP contribution is -2.52. The SMILES string of the molecule is CCc1nsc(N2CCN(C(=NC)NCc3cccnc3OC)CC2)n1.I. The van der Waals surface area contributed by atoms with Crippen LogP contribution in [0.5, 0.6) is 5.88 Å². The summed E-state index contributed by atoms with van der Waals surface area (Å²) in [6.45, 7) is 6.32. The monoisotopic (exact) mass is 503 g/mol. The van der Waals surface area contributed by atoms with Gasteiger partial charge in [-0.15, -0.1) is 24.0 Å². The molecule has 148 valence electrons. The normalized spacial score (nSPS) is 14.7. The Hall–Kier alpha value is -1.69. The number of aromatic nitrogens is 3. The van der Waals surface area contributed by atoms with E-state index in [1.54, 1.807) is 13.3 Å². The number of ether oxygens (including phenoxy) is 1.